The Hall–Kier alpha value is -2.67. The van der Waals surface area contributed by atoms with Gasteiger partial charge in [-0.2, -0.15) is 4.68 Å². The van der Waals surface area contributed by atoms with E-state index in [2.05, 4.69) is 10.1 Å². The van der Waals surface area contributed by atoms with E-state index in [1.807, 2.05) is 31.2 Å². The first kappa shape index (κ1) is 16.8. The number of nitrogens with zero attached hydrogens (tertiary/aromatic N) is 3. The molecular formula is C19H16FN3O2S. The van der Waals surface area contributed by atoms with Gasteiger partial charge in [0.2, 0.25) is 0 Å². The van der Waals surface area contributed by atoms with Gasteiger partial charge in [0, 0.05) is 17.2 Å². The van der Waals surface area contributed by atoms with Gasteiger partial charge >= 0.3 is 0 Å². The molecule has 132 valence electrons. The zero-order valence-electron chi connectivity index (χ0n) is 14.1. The minimum atomic E-state index is -0.321. The van der Waals surface area contributed by atoms with Crippen LogP contribution in [0, 0.1) is 5.82 Å². The molecule has 0 saturated carbocycles. The van der Waals surface area contributed by atoms with Gasteiger partial charge in [-0.3, -0.25) is 4.79 Å². The van der Waals surface area contributed by atoms with Crippen molar-refractivity contribution in [2.24, 2.45) is 0 Å². The maximum absolute atomic E-state index is 13.1. The fourth-order valence-corrected chi connectivity index (χ4v) is 3.96. The predicted molar refractivity (Wildman–Crippen MR) is 96.9 cm³/mol. The monoisotopic (exact) mass is 369 g/mol. The number of rotatable bonds is 4. The van der Waals surface area contributed by atoms with E-state index in [1.165, 1.54) is 28.6 Å². The van der Waals surface area contributed by atoms with Crippen molar-refractivity contribution in [3.05, 3.63) is 59.9 Å². The van der Waals surface area contributed by atoms with Crippen molar-refractivity contribution in [2.75, 3.05) is 6.61 Å². The van der Waals surface area contributed by atoms with Crippen molar-refractivity contribution in [3.8, 4) is 17.1 Å². The van der Waals surface area contributed by atoms with Crippen LogP contribution in [0.1, 0.15) is 29.0 Å². The number of halogens is 1. The van der Waals surface area contributed by atoms with Crippen molar-refractivity contribution in [2.45, 2.75) is 23.8 Å². The molecule has 1 aliphatic heterocycles. The summed E-state index contributed by atoms with van der Waals surface area (Å²) in [4.78, 5) is 17.0. The van der Waals surface area contributed by atoms with Crippen LogP contribution in [0.4, 0.5) is 4.39 Å². The van der Waals surface area contributed by atoms with E-state index in [-0.39, 0.29) is 17.0 Å². The molecule has 1 aromatic heterocycles. The number of fused-ring (bicyclic) bond motifs is 1. The number of aromatic nitrogens is 3. The molecule has 1 atom stereocenters. The Bertz CT molecular complexity index is 938. The van der Waals surface area contributed by atoms with Gasteiger partial charge in [-0.1, -0.05) is 23.9 Å². The van der Waals surface area contributed by atoms with Gasteiger partial charge in [0.1, 0.15) is 11.6 Å². The molecule has 1 aliphatic rings. The number of ether oxygens (including phenoxy) is 1. The lowest BCUT2D eigenvalue weighted by molar-refractivity contribution is 0.0868. The van der Waals surface area contributed by atoms with E-state index < -0.39 is 0 Å². The minimum absolute atomic E-state index is 0.0176. The zero-order chi connectivity index (χ0) is 18.1. The Balaban J connectivity index is 1.60. The van der Waals surface area contributed by atoms with Crippen LogP contribution in [0.3, 0.4) is 0 Å². The summed E-state index contributed by atoms with van der Waals surface area (Å²) >= 11 is 1.51. The lowest BCUT2D eigenvalue weighted by Crippen LogP contribution is -2.20. The van der Waals surface area contributed by atoms with Crippen LogP contribution >= 0.6 is 11.8 Å². The fourth-order valence-electron chi connectivity index (χ4n) is 2.80. The van der Waals surface area contributed by atoms with Crippen molar-refractivity contribution >= 4 is 17.7 Å². The van der Waals surface area contributed by atoms with Crippen molar-refractivity contribution < 1.29 is 13.9 Å². The number of benzene rings is 2. The van der Waals surface area contributed by atoms with E-state index in [4.69, 9.17) is 4.74 Å². The molecule has 4 rings (SSSR count). The van der Waals surface area contributed by atoms with Gasteiger partial charge < -0.3 is 4.74 Å². The minimum Gasteiger partial charge on any atom is -0.494 e. The first-order valence-corrected chi connectivity index (χ1v) is 9.17. The van der Waals surface area contributed by atoms with Crippen LogP contribution in [0.5, 0.6) is 5.75 Å². The first-order chi connectivity index (χ1) is 12.6. The largest absolute Gasteiger partial charge is 0.494 e. The van der Waals surface area contributed by atoms with Gasteiger partial charge in [-0.05, 0) is 48.9 Å². The molecule has 0 fully saturated rings. The highest BCUT2D eigenvalue weighted by molar-refractivity contribution is 7.99. The third-order valence-corrected chi connectivity index (χ3v) is 5.29. The molecule has 0 bridgehead atoms. The standard InChI is InChI=1S/C19H16FN3O2S/c1-2-25-15-9-5-12(6-10-15)16-11-17(24)23-19(26-16)21-18(22-23)13-3-7-14(20)8-4-13/h3-10,16H,2,11H2,1H3/t16-/m0/s1. The molecule has 0 amide bonds. The number of carbonyl (C=O) groups is 1. The fraction of sp³-hybridized carbons (Fsp3) is 0.211. The molecule has 3 aromatic rings. The van der Waals surface area contributed by atoms with Crippen LogP contribution in [0.15, 0.2) is 53.7 Å². The van der Waals surface area contributed by atoms with Crippen LogP contribution in [0.25, 0.3) is 11.4 Å². The molecule has 0 aliphatic carbocycles. The predicted octanol–water partition coefficient (Wildman–Crippen LogP) is 4.36. The van der Waals surface area contributed by atoms with Crippen molar-refractivity contribution in [1.82, 2.24) is 14.8 Å². The van der Waals surface area contributed by atoms with Gasteiger partial charge in [0.15, 0.2) is 11.0 Å². The second-order valence-electron chi connectivity index (χ2n) is 5.84. The van der Waals surface area contributed by atoms with Crippen molar-refractivity contribution in [3.63, 3.8) is 0 Å². The number of carbonyl (C=O) groups excluding carboxylic acids is 1. The highest BCUT2D eigenvalue weighted by atomic mass is 32.2. The van der Waals surface area contributed by atoms with Gasteiger partial charge in [-0.25, -0.2) is 9.37 Å². The summed E-state index contributed by atoms with van der Waals surface area (Å²) in [5.41, 5.74) is 1.73. The van der Waals surface area contributed by atoms with Crippen molar-refractivity contribution in [1.29, 1.82) is 0 Å². The molecule has 2 heterocycles. The second-order valence-corrected chi connectivity index (χ2v) is 7.01. The van der Waals surface area contributed by atoms with E-state index in [9.17, 15) is 9.18 Å². The van der Waals surface area contributed by atoms with E-state index in [1.54, 1.807) is 12.1 Å². The second kappa shape index (κ2) is 6.92. The lowest BCUT2D eigenvalue weighted by Gasteiger charge is -2.20. The van der Waals surface area contributed by atoms with Crippen LogP contribution in [-0.2, 0) is 0 Å². The molecular weight excluding hydrogens is 353 g/mol. The third kappa shape index (κ3) is 3.22. The molecule has 0 spiro atoms. The number of thioether (sulfide) groups is 1. The summed E-state index contributed by atoms with van der Waals surface area (Å²) in [6.07, 6.45) is 0.345. The van der Waals surface area contributed by atoms with E-state index in [0.29, 0.717) is 29.6 Å². The molecule has 0 N–H and O–H groups in total. The Kier molecular flexibility index (Phi) is 4.46. The SMILES string of the molecule is CCOc1ccc([C@@H]2CC(=O)n3nc(-c4ccc(F)cc4)nc3S2)cc1. The van der Waals surface area contributed by atoms with Crippen LogP contribution in [0.2, 0.25) is 0 Å². The van der Waals surface area contributed by atoms with E-state index in [0.717, 1.165) is 11.3 Å². The maximum atomic E-state index is 13.1. The number of hydrogen-bond donors (Lipinski definition) is 0. The topological polar surface area (TPSA) is 57.0 Å². The summed E-state index contributed by atoms with van der Waals surface area (Å²) in [7, 11) is 0. The van der Waals surface area contributed by atoms with E-state index >= 15 is 0 Å². The summed E-state index contributed by atoms with van der Waals surface area (Å²) in [5, 5.41) is 4.83. The average molecular weight is 369 g/mol. The van der Waals surface area contributed by atoms with Gasteiger partial charge in [0.25, 0.3) is 5.91 Å². The Morgan fingerprint density at radius 1 is 1.19 bits per heavy atom. The molecule has 0 saturated heterocycles. The lowest BCUT2D eigenvalue weighted by atomic mass is 10.1. The summed E-state index contributed by atoms with van der Waals surface area (Å²) in [6.45, 7) is 2.56. The Morgan fingerprint density at radius 3 is 2.62 bits per heavy atom. The smallest absolute Gasteiger partial charge is 0.250 e. The third-order valence-electron chi connectivity index (χ3n) is 4.09. The Labute approximate surface area is 154 Å². The first-order valence-electron chi connectivity index (χ1n) is 8.29. The maximum Gasteiger partial charge on any atom is 0.250 e. The summed E-state index contributed by atoms with van der Waals surface area (Å²) < 4.78 is 19.9. The molecule has 7 heteroatoms. The molecule has 5 nitrogen and oxygen atoms in total. The van der Waals surface area contributed by atoms with Gasteiger partial charge in [0.05, 0.1) is 6.61 Å². The molecule has 0 unspecified atom stereocenters. The number of hydrogen-bond acceptors (Lipinski definition) is 5. The summed E-state index contributed by atoms with van der Waals surface area (Å²) in [6, 6.07) is 13.7. The zero-order valence-corrected chi connectivity index (χ0v) is 14.9. The van der Waals surface area contributed by atoms with Crippen LogP contribution in [-0.4, -0.2) is 27.3 Å². The van der Waals surface area contributed by atoms with Crippen LogP contribution < -0.4 is 4.74 Å². The normalized spacial score (nSPS) is 16.4. The quantitative estimate of drug-likeness (QED) is 0.684. The highest BCUT2D eigenvalue weighted by Crippen LogP contribution is 2.41. The molecule has 2 aromatic carbocycles. The Morgan fingerprint density at radius 2 is 1.92 bits per heavy atom. The summed E-state index contributed by atoms with van der Waals surface area (Å²) in [5.74, 6) is 0.815. The highest BCUT2D eigenvalue weighted by Gasteiger charge is 2.30. The molecule has 0 radical (unpaired) electrons. The average Bonchev–Trinajstić information content (AvgIpc) is 3.08. The van der Waals surface area contributed by atoms with Gasteiger partial charge in [-0.15, -0.1) is 5.10 Å². The molecule has 26 heavy (non-hydrogen) atoms.